The molecule has 0 fully saturated rings. The highest BCUT2D eigenvalue weighted by Gasteiger charge is 2.13. The van der Waals surface area contributed by atoms with Crippen LogP contribution in [0.4, 0.5) is 0 Å². The monoisotopic (exact) mass is 257 g/mol. The molecule has 0 unspecified atom stereocenters. The van der Waals surface area contributed by atoms with E-state index < -0.39 is 0 Å². The molecule has 0 aliphatic carbocycles. The Morgan fingerprint density at radius 2 is 1.00 bits per heavy atom. The maximum absolute atomic E-state index is 4.02. The van der Waals surface area contributed by atoms with Gasteiger partial charge < -0.3 is 0 Å². The molecule has 92 valence electrons. The topological polar surface area (TPSA) is 168 Å². The zero-order chi connectivity index (χ0) is 13.1. The molecule has 3 rings (SSSR count). The van der Waals surface area contributed by atoms with Crippen LogP contribution < -0.4 is 0 Å². The molecule has 0 aliphatic heterocycles. The van der Waals surface area contributed by atoms with E-state index in [1.807, 2.05) is 0 Å². The van der Waals surface area contributed by atoms with Gasteiger partial charge in [-0.2, -0.15) is 4.98 Å². The molecule has 0 N–H and O–H groups in total. The average molecular weight is 257 g/mol. The Morgan fingerprint density at radius 1 is 0.474 bits per heavy atom. The maximum Gasteiger partial charge on any atom is 0.246 e. The van der Waals surface area contributed by atoms with E-state index in [4.69, 9.17) is 0 Å². The van der Waals surface area contributed by atoms with E-state index in [1.165, 1.54) is 0 Å². The summed E-state index contributed by atoms with van der Waals surface area (Å²) >= 11 is 0. The van der Waals surface area contributed by atoms with Crippen molar-refractivity contribution in [1.82, 2.24) is 66.6 Å². The minimum absolute atomic E-state index is 0.0548. The van der Waals surface area contributed by atoms with Crippen LogP contribution in [0.1, 0.15) is 5.82 Å². The number of hydrogen-bond donors (Lipinski definition) is 0. The fourth-order valence-corrected chi connectivity index (χ4v) is 1.06. The molecule has 0 spiro atoms. The summed E-state index contributed by atoms with van der Waals surface area (Å²) in [5.74, 6) is 0.745. The van der Waals surface area contributed by atoms with Crippen molar-refractivity contribution in [2.45, 2.75) is 6.92 Å². The third-order valence-corrected chi connectivity index (χ3v) is 1.83. The van der Waals surface area contributed by atoms with Gasteiger partial charge >= 0.3 is 0 Å². The van der Waals surface area contributed by atoms with Crippen molar-refractivity contribution >= 4 is 0 Å². The SMILES string of the molecule is Cc1nnc(-c2nnnc(-c3nnnnn3)n2)nn1. The van der Waals surface area contributed by atoms with E-state index in [0.717, 1.165) is 0 Å². The quantitative estimate of drug-likeness (QED) is 0.471. The van der Waals surface area contributed by atoms with Gasteiger partial charge in [0.15, 0.2) is 5.82 Å². The Bertz CT molecular complexity index is 681. The zero-order valence-corrected chi connectivity index (χ0v) is 9.31. The molecule has 0 amide bonds. The van der Waals surface area contributed by atoms with Gasteiger partial charge in [0, 0.05) is 0 Å². The standard InChI is InChI=1S/C6H3N13/c1-2-8-10-5(11-9-2)3-7-4(13-16-12-3)6-14-17-19-18-15-6/h1H3. The number of rotatable bonds is 2. The molecular formula is C6H3N13. The largest absolute Gasteiger partial charge is 0.246 e. The van der Waals surface area contributed by atoms with Crippen LogP contribution in [-0.2, 0) is 0 Å². The van der Waals surface area contributed by atoms with E-state index in [-0.39, 0.29) is 23.3 Å². The van der Waals surface area contributed by atoms with Crippen molar-refractivity contribution in [2.24, 2.45) is 0 Å². The first-order chi connectivity index (χ1) is 9.33. The van der Waals surface area contributed by atoms with Crippen LogP contribution in [0, 0.1) is 6.92 Å². The lowest BCUT2D eigenvalue weighted by Crippen LogP contribution is -2.07. The van der Waals surface area contributed by atoms with Gasteiger partial charge in [0.1, 0.15) is 0 Å². The molecule has 0 saturated carbocycles. The molecule has 0 saturated heterocycles. The first kappa shape index (κ1) is 10.9. The number of nitrogens with zero attached hydrogens (tertiary/aromatic N) is 13. The van der Waals surface area contributed by atoms with Crippen LogP contribution in [0.2, 0.25) is 0 Å². The highest BCUT2D eigenvalue weighted by Crippen LogP contribution is 2.08. The predicted octanol–water partition coefficient (Wildman–Crippen LogP) is -2.54. The predicted molar refractivity (Wildman–Crippen MR) is 53.4 cm³/mol. The third-order valence-electron chi connectivity index (χ3n) is 1.83. The molecule has 19 heavy (non-hydrogen) atoms. The van der Waals surface area contributed by atoms with E-state index >= 15 is 0 Å². The lowest BCUT2D eigenvalue weighted by Gasteiger charge is -1.97. The van der Waals surface area contributed by atoms with Crippen molar-refractivity contribution in [3.63, 3.8) is 0 Å². The van der Waals surface area contributed by atoms with Gasteiger partial charge in [0.25, 0.3) is 0 Å². The summed E-state index contributed by atoms with van der Waals surface area (Å²) < 4.78 is 0. The van der Waals surface area contributed by atoms with Crippen LogP contribution in [0.25, 0.3) is 23.3 Å². The van der Waals surface area contributed by atoms with Gasteiger partial charge in [0.2, 0.25) is 23.3 Å². The van der Waals surface area contributed by atoms with Gasteiger partial charge in [-0.3, -0.25) is 0 Å². The fraction of sp³-hybridized carbons (Fsp3) is 0.167. The van der Waals surface area contributed by atoms with Gasteiger partial charge in [-0.05, 0) is 27.8 Å². The second kappa shape index (κ2) is 4.55. The molecule has 0 aliphatic rings. The summed E-state index contributed by atoms with van der Waals surface area (Å²) in [6.07, 6.45) is 0. The molecule has 13 nitrogen and oxygen atoms in total. The molecule has 0 aromatic carbocycles. The van der Waals surface area contributed by atoms with Crippen molar-refractivity contribution in [1.29, 1.82) is 0 Å². The van der Waals surface area contributed by atoms with Crippen LogP contribution in [-0.4, -0.2) is 66.6 Å². The van der Waals surface area contributed by atoms with Gasteiger partial charge in [0.05, 0.1) is 0 Å². The summed E-state index contributed by atoms with van der Waals surface area (Å²) in [6.45, 7) is 1.66. The number of hydrogen-bond acceptors (Lipinski definition) is 13. The lowest BCUT2D eigenvalue weighted by atomic mass is 10.5. The molecule has 3 heterocycles. The van der Waals surface area contributed by atoms with E-state index in [1.54, 1.807) is 6.92 Å². The molecule has 13 heteroatoms. The highest BCUT2D eigenvalue weighted by molar-refractivity contribution is 5.46. The fourth-order valence-electron chi connectivity index (χ4n) is 1.06. The first-order valence-electron chi connectivity index (χ1n) is 4.84. The summed E-state index contributed by atoms with van der Waals surface area (Å²) in [6, 6.07) is 0. The first-order valence-corrected chi connectivity index (χ1v) is 4.84. The van der Waals surface area contributed by atoms with Gasteiger partial charge in [-0.25, -0.2) is 0 Å². The Morgan fingerprint density at radius 3 is 1.63 bits per heavy atom. The number of aryl methyl sites for hydroxylation is 1. The van der Waals surface area contributed by atoms with E-state index in [0.29, 0.717) is 5.82 Å². The van der Waals surface area contributed by atoms with Crippen molar-refractivity contribution in [3.8, 4) is 23.3 Å². The minimum atomic E-state index is 0.0548. The van der Waals surface area contributed by atoms with Crippen LogP contribution >= 0.6 is 0 Å². The Labute approximate surface area is 104 Å². The summed E-state index contributed by atoms with van der Waals surface area (Å²) in [5.41, 5.74) is 0. The molecular weight excluding hydrogens is 254 g/mol. The third kappa shape index (κ3) is 2.24. The van der Waals surface area contributed by atoms with Crippen LogP contribution in [0.5, 0.6) is 0 Å². The maximum atomic E-state index is 4.02. The lowest BCUT2D eigenvalue weighted by molar-refractivity contribution is 0.677. The zero-order valence-electron chi connectivity index (χ0n) is 9.31. The van der Waals surface area contributed by atoms with Crippen molar-refractivity contribution in [2.75, 3.05) is 0 Å². The van der Waals surface area contributed by atoms with Crippen molar-refractivity contribution < 1.29 is 0 Å². The molecule has 3 aromatic heterocycles. The average Bonchev–Trinajstić information content (AvgIpc) is 2.49. The molecule has 3 aromatic rings. The second-order valence-corrected chi connectivity index (χ2v) is 3.11. The second-order valence-electron chi connectivity index (χ2n) is 3.11. The van der Waals surface area contributed by atoms with E-state index in [2.05, 4.69) is 66.6 Å². The summed E-state index contributed by atoms with van der Waals surface area (Å²) in [4.78, 5) is 4.02. The Kier molecular flexibility index (Phi) is 2.61. The van der Waals surface area contributed by atoms with Crippen molar-refractivity contribution in [3.05, 3.63) is 5.82 Å². The number of aromatic nitrogens is 13. The minimum Gasteiger partial charge on any atom is -0.198 e. The molecule has 0 atom stereocenters. The molecule has 0 bridgehead atoms. The van der Waals surface area contributed by atoms with Gasteiger partial charge in [-0.1, -0.05) is 0 Å². The molecule has 0 radical (unpaired) electrons. The highest BCUT2D eigenvalue weighted by atomic mass is 15.5. The Balaban J connectivity index is 2.03. The van der Waals surface area contributed by atoms with Gasteiger partial charge in [-0.15, -0.1) is 40.8 Å². The Hall–Kier alpha value is -3.25. The van der Waals surface area contributed by atoms with E-state index in [9.17, 15) is 0 Å². The smallest absolute Gasteiger partial charge is 0.198 e. The van der Waals surface area contributed by atoms with Crippen LogP contribution in [0.15, 0.2) is 0 Å². The summed E-state index contributed by atoms with van der Waals surface area (Å²) in [7, 11) is 0. The summed E-state index contributed by atoms with van der Waals surface area (Å²) in [5, 5.41) is 42.9. The normalized spacial score (nSPS) is 10.4. The van der Waals surface area contributed by atoms with Crippen LogP contribution in [0.3, 0.4) is 0 Å².